The molecule has 1 aliphatic carbocycles. The fraction of sp³-hybridized carbons (Fsp3) is 0.333. The van der Waals surface area contributed by atoms with Gasteiger partial charge in [0.05, 0.1) is 12.1 Å². The molecule has 3 N–H and O–H groups in total. The number of aliphatic hydroxyl groups excluding tert-OH is 1. The van der Waals surface area contributed by atoms with E-state index in [4.69, 9.17) is 0 Å². The van der Waals surface area contributed by atoms with Gasteiger partial charge in [-0.2, -0.15) is 13.2 Å². The molecule has 0 saturated heterocycles. The zero-order chi connectivity index (χ0) is 19.1. The van der Waals surface area contributed by atoms with Gasteiger partial charge in [-0.15, -0.1) is 0 Å². The first-order valence-corrected chi connectivity index (χ1v) is 8.06. The van der Waals surface area contributed by atoms with Gasteiger partial charge in [-0.1, -0.05) is 23.8 Å². The minimum Gasteiger partial charge on any atom is -0.388 e. The highest BCUT2D eigenvalue weighted by Gasteiger charge is 2.33. The predicted molar refractivity (Wildman–Crippen MR) is 87.6 cm³/mol. The molecule has 138 valence electrons. The summed E-state index contributed by atoms with van der Waals surface area (Å²) in [6.45, 7) is 1.89. The summed E-state index contributed by atoms with van der Waals surface area (Å²) < 4.78 is 37.8. The largest absolute Gasteiger partial charge is 0.431 e. The number of carbonyl (C=O) groups is 1. The number of alkyl halides is 3. The first kappa shape index (κ1) is 18.2. The first-order valence-electron chi connectivity index (χ1n) is 8.06. The highest BCUT2D eigenvalue weighted by Crippen LogP contribution is 2.36. The van der Waals surface area contributed by atoms with E-state index in [2.05, 4.69) is 5.32 Å². The summed E-state index contributed by atoms with van der Waals surface area (Å²) in [5.41, 5.74) is -0.279. The standard InChI is InChI=1S/C18H17F3N2O3/c1-9-2-3-10-12(8-9)14(24)6-5-13(10)22-16(25)11-4-7-15(18(19,20)21)23-17(11)26/h2-4,7-8,13-14,24H,5-6H2,1H3,(H,22,25)(H,23,26)/t13-,14-/m1/s1. The molecule has 2 atom stereocenters. The zero-order valence-electron chi connectivity index (χ0n) is 13.9. The molecule has 8 heteroatoms. The summed E-state index contributed by atoms with van der Waals surface area (Å²) in [7, 11) is 0. The van der Waals surface area contributed by atoms with Crippen LogP contribution in [0.3, 0.4) is 0 Å². The van der Waals surface area contributed by atoms with Crippen LogP contribution in [0.1, 0.15) is 57.7 Å². The summed E-state index contributed by atoms with van der Waals surface area (Å²) in [4.78, 5) is 25.9. The van der Waals surface area contributed by atoms with Crippen LogP contribution in [0.25, 0.3) is 0 Å². The number of pyridine rings is 1. The van der Waals surface area contributed by atoms with E-state index in [1.807, 2.05) is 19.1 Å². The average Bonchev–Trinajstić information content (AvgIpc) is 2.56. The van der Waals surface area contributed by atoms with Crippen molar-refractivity contribution in [3.63, 3.8) is 0 Å². The summed E-state index contributed by atoms with van der Waals surface area (Å²) in [5.74, 6) is -0.757. The predicted octanol–water partition coefficient (Wildman–Crippen LogP) is 3.00. The minimum absolute atomic E-state index is 0.391. The number of benzene rings is 1. The Hall–Kier alpha value is -2.61. The SMILES string of the molecule is Cc1ccc2c(c1)[C@H](O)CC[C@H]2NC(=O)c1ccc(C(F)(F)F)[nH]c1=O. The number of hydrogen-bond donors (Lipinski definition) is 3. The molecule has 1 aromatic carbocycles. The molecule has 0 radical (unpaired) electrons. The number of amides is 1. The van der Waals surface area contributed by atoms with Crippen molar-refractivity contribution < 1.29 is 23.1 Å². The van der Waals surface area contributed by atoms with Crippen LogP contribution in [0, 0.1) is 6.92 Å². The Morgan fingerprint density at radius 1 is 1.19 bits per heavy atom. The van der Waals surface area contributed by atoms with E-state index < -0.39 is 41.0 Å². The molecule has 1 amide bonds. The van der Waals surface area contributed by atoms with E-state index in [0.29, 0.717) is 24.5 Å². The van der Waals surface area contributed by atoms with Crippen molar-refractivity contribution in [3.05, 3.63) is 68.6 Å². The molecule has 5 nitrogen and oxygen atoms in total. The fourth-order valence-electron chi connectivity index (χ4n) is 3.14. The summed E-state index contributed by atoms with van der Waals surface area (Å²) in [6.07, 6.45) is -4.43. The Labute approximate surface area is 146 Å². The third-order valence-corrected chi connectivity index (χ3v) is 4.47. The number of rotatable bonds is 2. The number of hydrogen-bond acceptors (Lipinski definition) is 3. The van der Waals surface area contributed by atoms with Gasteiger partial charge in [0.1, 0.15) is 11.3 Å². The Kier molecular flexibility index (Phi) is 4.62. The molecule has 2 aromatic rings. The Morgan fingerprint density at radius 3 is 2.58 bits per heavy atom. The quantitative estimate of drug-likeness (QED) is 0.764. The second-order valence-corrected chi connectivity index (χ2v) is 6.36. The molecular formula is C18H17F3N2O3. The molecule has 0 saturated carbocycles. The lowest BCUT2D eigenvalue weighted by Gasteiger charge is -2.30. The second-order valence-electron chi connectivity index (χ2n) is 6.36. The van der Waals surface area contributed by atoms with Crippen LogP contribution in [-0.2, 0) is 6.18 Å². The third kappa shape index (κ3) is 3.50. The van der Waals surface area contributed by atoms with E-state index in [-0.39, 0.29) is 0 Å². The lowest BCUT2D eigenvalue weighted by atomic mass is 9.84. The van der Waals surface area contributed by atoms with Gasteiger partial charge in [0, 0.05) is 0 Å². The van der Waals surface area contributed by atoms with Gasteiger partial charge in [0.2, 0.25) is 0 Å². The first-order chi connectivity index (χ1) is 12.2. The topological polar surface area (TPSA) is 82.2 Å². The Morgan fingerprint density at radius 2 is 1.92 bits per heavy atom. The summed E-state index contributed by atoms with van der Waals surface area (Å²) in [5, 5.41) is 12.8. The number of aromatic amines is 1. The average molecular weight is 366 g/mol. The monoisotopic (exact) mass is 366 g/mol. The number of aliphatic hydroxyl groups is 1. The molecule has 1 heterocycles. The van der Waals surface area contributed by atoms with Gasteiger partial charge in [-0.05, 0) is 43.0 Å². The highest BCUT2D eigenvalue weighted by molar-refractivity contribution is 5.94. The summed E-state index contributed by atoms with van der Waals surface area (Å²) >= 11 is 0. The van der Waals surface area contributed by atoms with Gasteiger partial charge >= 0.3 is 6.18 Å². The summed E-state index contributed by atoms with van der Waals surface area (Å²) in [6, 6.07) is 6.59. The minimum atomic E-state index is -4.69. The molecule has 0 aliphatic heterocycles. The molecule has 1 aliphatic rings. The molecule has 3 rings (SSSR count). The fourth-order valence-corrected chi connectivity index (χ4v) is 3.14. The van der Waals surface area contributed by atoms with Crippen molar-refractivity contribution in [1.82, 2.24) is 10.3 Å². The van der Waals surface area contributed by atoms with Crippen molar-refractivity contribution >= 4 is 5.91 Å². The van der Waals surface area contributed by atoms with E-state index in [1.54, 1.807) is 11.1 Å². The van der Waals surface area contributed by atoms with Gasteiger partial charge in [-0.25, -0.2) is 0 Å². The number of fused-ring (bicyclic) bond motifs is 1. The lowest BCUT2D eigenvalue weighted by molar-refractivity contribution is -0.141. The van der Waals surface area contributed by atoms with Crippen LogP contribution in [0.15, 0.2) is 35.1 Å². The molecule has 1 aromatic heterocycles. The number of aromatic nitrogens is 1. The zero-order valence-corrected chi connectivity index (χ0v) is 13.9. The maximum atomic E-state index is 12.6. The molecule has 0 bridgehead atoms. The van der Waals surface area contributed by atoms with Crippen molar-refractivity contribution in [2.45, 2.75) is 38.1 Å². The molecule has 0 unspecified atom stereocenters. The molecule has 0 fully saturated rings. The maximum absolute atomic E-state index is 12.6. The number of H-pyrrole nitrogens is 1. The van der Waals surface area contributed by atoms with Crippen molar-refractivity contribution in [1.29, 1.82) is 0 Å². The number of halogens is 3. The van der Waals surface area contributed by atoms with Crippen LogP contribution >= 0.6 is 0 Å². The molecule has 0 spiro atoms. The second kappa shape index (κ2) is 6.60. The Bertz CT molecular complexity index is 905. The van der Waals surface area contributed by atoms with Gasteiger partial charge in [-0.3, -0.25) is 9.59 Å². The number of carbonyl (C=O) groups excluding carboxylic acids is 1. The number of nitrogens with one attached hydrogen (secondary N) is 2. The van der Waals surface area contributed by atoms with Gasteiger partial charge < -0.3 is 15.4 Å². The van der Waals surface area contributed by atoms with Crippen molar-refractivity contribution in [2.24, 2.45) is 0 Å². The lowest BCUT2D eigenvalue weighted by Crippen LogP contribution is -2.35. The van der Waals surface area contributed by atoms with E-state index in [0.717, 1.165) is 17.2 Å². The van der Waals surface area contributed by atoms with Crippen LogP contribution in [0.5, 0.6) is 0 Å². The van der Waals surface area contributed by atoms with E-state index in [1.165, 1.54) is 0 Å². The van der Waals surface area contributed by atoms with E-state index in [9.17, 15) is 27.9 Å². The van der Waals surface area contributed by atoms with Crippen LogP contribution in [-0.4, -0.2) is 16.0 Å². The van der Waals surface area contributed by atoms with Crippen molar-refractivity contribution in [3.8, 4) is 0 Å². The van der Waals surface area contributed by atoms with Crippen LogP contribution < -0.4 is 10.9 Å². The van der Waals surface area contributed by atoms with Crippen LogP contribution in [0.2, 0.25) is 0 Å². The van der Waals surface area contributed by atoms with Crippen LogP contribution in [0.4, 0.5) is 13.2 Å². The molecular weight excluding hydrogens is 349 g/mol. The van der Waals surface area contributed by atoms with E-state index >= 15 is 0 Å². The maximum Gasteiger partial charge on any atom is 0.431 e. The highest BCUT2D eigenvalue weighted by atomic mass is 19.4. The van der Waals surface area contributed by atoms with Gasteiger partial charge in [0.15, 0.2) is 0 Å². The smallest absolute Gasteiger partial charge is 0.388 e. The molecule has 26 heavy (non-hydrogen) atoms. The Balaban J connectivity index is 1.86. The van der Waals surface area contributed by atoms with Crippen molar-refractivity contribution in [2.75, 3.05) is 0 Å². The normalized spacial score (nSPS) is 19.7. The third-order valence-electron chi connectivity index (χ3n) is 4.47. The number of aryl methyl sites for hydroxylation is 1. The van der Waals surface area contributed by atoms with Gasteiger partial charge in [0.25, 0.3) is 11.5 Å².